The Bertz CT molecular complexity index is 1230. The van der Waals surface area contributed by atoms with E-state index in [-0.39, 0.29) is 11.7 Å². The average molecular weight is 511 g/mol. The van der Waals surface area contributed by atoms with Crippen LogP contribution >= 0.6 is 22.9 Å². The van der Waals surface area contributed by atoms with E-state index in [1.54, 1.807) is 31.2 Å². The SMILES string of the molecule is Cc1cccc(Cl)c1NC(=O)c1sc(Nc2cccc(C(=O)/C=C/CN3CCOCC3)c2)nc1C. The molecule has 1 aromatic heterocycles. The monoisotopic (exact) mass is 510 g/mol. The lowest BCUT2D eigenvalue weighted by molar-refractivity contribution is 0.0434. The molecule has 0 aliphatic carbocycles. The minimum absolute atomic E-state index is 0.0626. The molecule has 2 aromatic carbocycles. The summed E-state index contributed by atoms with van der Waals surface area (Å²) in [7, 11) is 0. The van der Waals surface area contributed by atoms with Gasteiger partial charge in [-0.05, 0) is 43.7 Å². The number of thiazole rings is 1. The molecule has 1 amide bonds. The lowest BCUT2D eigenvalue weighted by atomic mass is 10.1. The lowest BCUT2D eigenvalue weighted by Crippen LogP contribution is -2.36. The molecule has 0 radical (unpaired) electrons. The molecule has 182 valence electrons. The summed E-state index contributed by atoms with van der Waals surface area (Å²) in [6, 6.07) is 12.7. The predicted octanol–water partition coefficient (Wildman–Crippen LogP) is 5.48. The van der Waals surface area contributed by atoms with Crippen molar-refractivity contribution in [3.8, 4) is 0 Å². The van der Waals surface area contributed by atoms with E-state index >= 15 is 0 Å². The number of aromatic nitrogens is 1. The second-order valence-electron chi connectivity index (χ2n) is 8.20. The predicted molar refractivity (Wildman–Crippen MR) is 141 cm³/mol. The Morgan fingerprint density at radius 3 is 2.71 bits per heavy atom. The molecule has 1 fully saturated rings. The zero-order chi connectivity index (χ0) is 24.8. The number of nitrogens with one attached hydrogen (secondary N) is 2. The smallest absolute Gasteiger partial charge is 0.267 e. The summed E-state index contributed by atoms with van der Waals surface area (Å²) in [5.74, 6) is -0.328. The summed E-state index contributed by atoms with van der Waals surface area (Å²) in [6.07, 6.45) is 3.50. The van der Waals surface area contributed by atoms with Gasteiger partial charge in [-0.25, -0.2) is 4.98 Å². The van der Waals surface area contributed by atoms with Crippen LogP contribution in [-0.4, -0.2) is 54.4 Å². The van der Waals surface area contributed by atoms with Crippen LogP contribution in [0.5, 0.6) is 0 Å². The number of ketones is 1. The number of nitrogens with zero attached hydrogens (tertiary/aromatic N) is 2. The van der Waals surface area contributed by atoms with Gasteiger partial charge in [0, 0.05) is 30.9 Å². The Kier molecular flexibility index (Phi) is 8.30. The maximum atomic E-state index is 12.9. The van der Waals surface area contributed by atoms with Crippen LogP contribution in [0.3, 0.4) is 0 Å². The summed E-state index contributed by atoms with van der Waals surface area (Å²) < 4.78 is 5.34. The van der Waals surface area contributed by atoms with Gasteiger partial charge in [-0.15, -0.1) is 0 Å². The van der Waals surface area contributed by atoms with Crippen molar-refractivity contribution in [2.45, 2.75) is 13.8 Å². The molecule has 3 aromatic rings. The van der Waals surface area contributed by atoms with Gasteiger partial charge in [0.15, 0.2) is 10.9 Å². The minimum Gasteiger partial charge on any atom is -0.379 e. The van der Waals surface area contributed by atoms with Gasteiger partial charge in [-0.3, -0.25) is 14.5 Å². The third-order valence-electron chi connectivity index (χ3n) is 5.60. The molecule has 35 heavy (non-hydrogen) atoms. The molecule has 1 aliphatic rings. The number of aryl methyl sites for hydroxylation is 2. The third kappa shape index (κ3) is 6.55. The van der Waals surface area contributed by atoms with Crippen LogP contribution in [0, 0.1) is 13.8 Å². The van der Waals surface area contributed by atoms with E-state index in [9.17, 15) is 9.59 Å². The number of carbonyl (C=O) groups excluding carboxylic acids is 2. The Hall–Kier alpha value is -3.04. The van der Waals surface area contributed by atoms with Gasteiger partial charge in [0.1, 0.15) is 4.88 Å². The molecule has 2 heterocycles. The quantitative estimate of drug-likeness (QED) is 0.308. The highest BCUT2D eigenvalue weighted by Crippen LogP contribution is 2.30. The van der Waals surface area contributed by atoms with Crippen molar-refractivity contribution >= 4 is 51.1 Å². The second kappa shape index (κ2) is 11.6. The number of allylic oxidation sites excluding steroid dienone is 1. The van der Waals surface area contributed by atoms with E-state index in [4.69, 9.17) is 16.3 Å². The molecule has 1 saturated heterocycles. The minimum atomic E-state index is -0.265. The first-order chi connectivity index (χ1) is 16.9. The maximum Gasteiger partial charge on any atom is 0.267 e. The molecule has 2 N–H and O–H groups in total. The van der Waals surface area contributed by atoms with Gasteiger partial charge in [0.05, 0.1) is 29.6 Å². The number of morpholine rings is 1. The first-order valence-electron chi connectivity index (χ1n) is 11.3. The van der Waals surface area contributed by atoms with E-state index in [0.29, 0.717) is 32.0 Å². The van der Waals surface area contributed by atoms with Gasteiger partial charge in [-0.1, -0.05) is 53.3 Å². The van der Waals surface area contributed by atoms with Crippen molar-refractivity contribution in [1.29, 1.82) is 0 Å². The standard InChI is InChI=1S/C26H27ClN4O3S/c1-17-6-3-9-21(27)23(17)30-25(33)24-18(2)28-26(35-24)29-20-8-4-7-19(16-20)22(32)10-5-11-31-12-14-34-15-13-31/h3-10,16H,11-15H2,1-2H3,(H,28,29)(H,30,33)/b10-5+. The van der Waals surface area contributed by atoms with Crippen molar-refractivity contribution in [1.82, 2.24) is 9.88 Å². The number of para-hydroxylation sites is 1. The fourth-order valence-corrected chi connectivity index (χ4v) is 4.83. The number of anilines is 3. The highest BCUT2D eigenvalue weighted by molar-refractivity contribution is 7.17. The Morgan fingerprint density at radius 1 is 1.17 bits per heavy atom. The number of hydrogen-bond donors (Lipinski definition) is 2. The molecule has 0 unspecified atom stereocenters. The number of benzene rings is 2. The molecule has 0 bridgehead atoms. The van der Waals surface area contributed by atoms with Gasteiger partial charge >= 0.3 is 0 Å². The summed E-state index contributed by atoms with van der Waals surface area (Å²) in [5.41, 5.74) is 3.38. The van der Waals surface area contributed by atoms with Gasteiger partial charge in [-0.2, -0.15) is 0 Å². The highest BCUT2D eigenvalue weighted by atomic mass is 35.5. The summed E-state index contributed by atoms with van der Waals surface area (Å²) in [4.78, 5) is 32.7. The van der Waals surface area contributed by atoms with Crippen molar-refractivity contribution in [3.05, 3.63) is 81.3 Å². The number of ether oxygens (including phenoxy) is 1. The normalized spacial score (nSPS) is 14.3. The zero-order valence-electron chi connectivity index (χ0n) is 19.6. The fraction of sp³-hybridized carbons (Fsp3) is 0.269. The van der Waals surface area contributed by atoms with Crippen molar-refractivity contribution < 1.29 is 14.3 Å². The number of halogens is 1. The molecule has 0 atom stereocenters. The first-order valence-corrected chi connectivity index (χ1v) is 12.5. The van der Waals surface area contributed by atoms with Gasteiger partial charge in [0.25, 0.3) is 5.91 Å². The zero-order valence-corrected chi connectivity index (χ0v) is 21.2. The van der Waals surface area contributed by atoms with Crippen LogP contribution in [0.25, 0.3) is 0 Å². The van der Waals surface area contributed by atoms with Gasteiger partial charge in [0.2, 0.25) is 0 Å². The van der Waals surface area contributed by atoms with E-state index in [1.807, 2.05) is 37.3 Å². The first kappa shape index (κ1) is 25.1. The van der Waals surface area contributed by atoms with Crippen LogP contribution < -0.4 is 10.6 Å². The largest absolute Gasteiger partial charge is 0.379 e. The van der Waals surface area contributed by atoms with Crippen LogP contribution in [0.2, 0.25) is 5.02 Å². The van der Waals surface area contributed by atoms with Gasteiger partial charge < -0.3 is 15.4 Å². The van der Waals surface area contributed by atoms with E-state index in [1.165, 1.54) is 11.3 Å². The molecular weight excluding hydrogens is 484 g/mol. The van der Waals surface area contributed by atoms with E-state index in [0.717, 1.165) is 44.1 Å². The van der Waals surface area contributed by atoms with Crippen molar-refractivity contribution in [3.63, 3.8) is 0 Å². The Morgan fingerprint density at radius 2 is 1.94 bits per heavy atom. The van der Waals surface area contributed by atoms with Crippen LogP contribution in [0.4, 0.5) is 16.5 Å². The average Bonchev–Trinajstić information content (AvgIpc) is 3.22. The number of rotatable bonds is 8. The number of carbonyl (C=O) groups is 2. The summed E-state index contributed by atoms with van der Waals surface area (Å²) in [6.45, 7) is 7.62. The second-order valence-corrected chi connectivity index (χ2v) is 9.61. The molecule has 4 rings (SSSR count). The highest BCUT2D eigenvalue weighted by Gasteiger charge is 2.18. The maximum absolute atomic E-state index is 12.9. The number of hydrogen-bond acceptors (Lipinski definition) is 7. The van der Waals surface area contributed by atoms with Crippen LogP contribution in [0.15, 0.2) is 54.6 Å². The molecule has 1 aliphatic heterocycles. The summed E-state index contributed by atoms with van der Waals surface area (Å²) in [5, 5.41) is 7.15. The van der Waals surface area contributed by atoms with Crippen LogP contribution in [0.1, 0.15) is 31.3 Å². The summed E-state index contributed by atoms with van der Waals surface area (Å²) >= 11 is 7.49. The molecule has 0 saturated carbocycles. The Labute approximate surface area is 213 Å². The fourth-order valence-electron chi connectivity index (χ4n) is 3.68. The third-order valence-corrected chi connectivity index (χ3v) is 6.98. The topological polar surface area (TPSA) is 83.6 Å². The van der Waals surface area contributed by atoms with Crippen LogP contribution in [-0.2, 0) is 4.74 Å². The molecule has 7 nitrogen and oxygen atoms in total. The van der Waals surface area contributed by atoms with E-state index < -0.39 is 0 Å². The van der Waals surface area contributed by atoms with Crippen molar-refractivity contribution in [2.75, 3.05) is 43.5 Å². The number of amides is 1. The van der Waals surface area contributed by atoms with E-state index in [2.05, 4.69) is 20.5 Å². The molecular formula is C26H27ClN4O3S. The Balaban J connectivity index is 1.41. The van der Waals surface area contributed by atoms with Crippen molar-refractivity contribution in [2.24, 2.45) is 0 Å². The molecule has 0 spiro atoms. The lowest BCUT2D eigenvalue weighted by Gasteiger charge is -2.25. The molecule has 9 heteroatoms.